The highest BCUT2D eigenvalue weighted by molar-refractivity contribution is 14.1. The molecule has 0 unspecified atom stereocenters. The highest BCUT2D eigenvalue weighted by Gasteiger charge is 2.08. The van der Waals surface area contributed by atoms with Crippen molar-refractivity contribution in [3.8, 4) is 0 Å². The van der Waals surface area contributed by atoms with E-state index in [0.29, 0.717) is 5.56 Å². The zero-order valence-corrected chi connectivity index (χ0v) is 10.1. The van der Waals surface area contributed by atoms with Crippen molar-refractivity contribution in [3.63, 3.8) is 0 Å². The summed E-state index contributed by atoms with van der Waals surface area (Å²) in [6.07, 6.45) is 1.23. The Bertz CT molecular complexity index is 459. The Morgan fingerprint density at radius 3 is 2.75 bits per heavy atom. The van der Waals surface area contributed by atoms with E-state index in [1.54, 1.807) is 12.1 Å². The molecule has 0 fully saturated rings. The summed E-state index contributed by atoms with van der Waals surface area (Å²) < 4.78 is 0.801. The lowest BCUT2D eigenvalue weighted by Crippen LogP contribution is -2.24. The first-order valence-electron chi connectivity index (χ1n) is 4.12. The van der Waals surface area contributed by atoms with E-state index in [4.69, 9.17) is 10.8 Å². The molecule has 0 atom stereocenters. The zero-order valence-electron chi connectivity index (χ0n) is 7.98. The Morgan fingerprint density at radius 2 is 2.19 bits per heavy atom. The molecule has 1 aromatic carbocycles. The number of primary amides is 1. The average molecular weight is 333 g/mol. The minimum absolute atomic E-state index is 0.113. The predicted molar refractivity (Wildman–Crippen MR) is 66.4 cm³/mol. The lowest BCUT2D eigenvalue weighted by molar-refractivity contribution is 0.0696. The van der Waals surface area contributed by atoms with Gasteiger partial charge in [-0.05, 0) is 34.7 Å². The first-order chi connectivity index (χ1) is 7.50. The molecular weight excluding hydrogens is 325 g/mol. The molecule has 0 bridgehead atoms. The van der Waals surface area contributed by atoms with Crippen LogP contribution in [0.5, 0.6) is 0 Å². The number of carbonyl (C=O) groups excluding carboxylic acids is 1. The van der Waals surface area contributed by atoms with Crippen LogP contribution in [0, 0.1) is 3.57 Å². The molecule has 0 aliphatic carbocycles. The number of nitrogens with two attached hydrogens (primary N) is 1. The molecule has 0 spiro atoms. The molecule has 0 aliphatic heterocycles. The minimum Gasteiger partial charge on any atom is -0.478 e. The van der Waals surface area contributed by atoms with Crippen LogP contribution in [0.3, 0.4) is 0 Å². The monoisotopic (exact) mass is 333 g/mol. The van der Waals surface area contributed by atoms with Gasteiger partial charge in [-0.2, -0.15) is 5.10 Å². The number of hydrogen-bond donors (Lipinski definition) is 3. The molecule has 0 saturated heterocycles. The Morgan fingerprint density at radius 1 is 1.50 bits per heavy atom. The molecule has 16 heavy (non-hydrogen) atoms. The number of carboxylic acid groups (broad SMARTS) is 1. The Kier molecular flexibility index (Phi) is 4.23. The van der Waals surface area contributed by atoms with Gasteiger partial charge in [0.15, 0.2) is 0 Å². The Balaban J connectivity index is 2.99. The van der Waals surface area contributed by atoms with Gasteiger partial charge in [0.25, 0.3) is 0 Å². The van der Waals surface area contributed by atoms with Gasteiger partial charge in [-0.25, -0.2) is 15.0 Å². The van der Waals surface area contributed by atoms with Crippen molar-refractivity contribution in [2.75, 3.05) is 0 Å². The van der Waals surface area contributed by atoms with Gasteiger partial charge in [0, 0.05) is 9.13 Å². The van der Waals surface area contributed by atoms with Crippen molar-refractivity contribution in [1.29, 1.82) is 0 Å². The normalized spacial score (nSPS) is 10.3. The van der Waals surface area contributed by atoms with E-state index in [1.807, 2.05) is 28.0 Å². The number of benzene rings is 1. The van der Waals surface area contributed by atoms with E-state index in [9.17, 15) is 9.59 Å². The average Bonchev–Trinajstić information content (AvgIpc) is 2.19. The topological polar surface area (TPSA) is 105 Å². The van der Waals surface area contributed by atoms with Gasteiger partial charge in [-0.1, -0.05) is 6.07 Å². The number of hydrazone groups is 1. The molecule has 84 valence electrons. The van der Waals surface area contributed by atoms with E-state index < -0.39 is 12.0 Å². The van der Waals surface area contributed by atoms with Gasteiger partial charge in [0.05, 0.1) is 11.8 Å². The smallest absolute Gasteiger partial charge is 0.336 e. The van der Waals surface area contributed by atoms with Gasteiger partial charge in [0.1, 0.15) is 0 Å². The van der Waals surface area contributed by atoms with Gasteiger partial charge < -0.3 is 10.8 Å². The van der Waals surface area contributed by atoms with Gasteiger partial charge in [0.2, 0.25) is 0 Å². The van der Waals surface area contributed by atoms with Crippen LogP contribution in [0.25, 0.3) is 0 Å². The van der Waals surface area contributed by atoms with Gasteiger partial charge >= 0.3 is 12.0 Å². The molecule has 7 heteroatoms. The molecule has 0 aliphatic rings. The molecule has 1 aromatic rings. The summed E-state index contributed by atoms with van der Waals surface area (Å²) in [7, 11) is 0. The third-order valence-electron chi connectivity index (χ3n) is 1.62. The number of rotatable bonds is 3. The van der Waals surface area contributed by atoms with E-state index in [2.05, 4.69) is 5.10 Å². The van der Waals surface area contributed by atoms with Crippen LogP contribution in [-0.2, 0) is 0 Å². The molecule has 0 aromatic heterocycles. The Hall–Kier alpha value is -1.64. The molecule has 0 heterocycles. The first kappa shape index (κ1) is 12.4. The Labute approximate surface area is 105 Å². The van der Waals surface area contributed by atoms with E-state index in [-0.39, 0.29) is 5.56 Å². The maximum atomic E-state index is 10.9. The van der Waals surface area contributed by atoms with Crippen molar-refractivity contribution in [2.24, 2.45) is 10.8 Å². The number of carbonyl (C=O) groups is 2. The third kappa shape index (κ3) is 3.50. The summed E-state index contributed by atoms with van der Waals surface area (Å²) in [6.45, 7) is 0. The largest absolute Gasteiger partial charge is 0.478 e. The number of nitrogens with one attached hydrogen (secondary N) is 1. The second-order valence-corrected chi connectivity index (χ2v) is 4.02. The van der Waals surface area contributed by atoms with E-state index in [1.165, 1.54) is 12.3 Å². The summed E-state index contributed by atoms with van der Waals surface area (Å²) in [5.74, 6) is -1.06. The fourth-order valence-electron chi connectivity index (χ4n) is 0.992. The van der Waals surface area contributed by atoms with Gasteiger partial charge in [-0.3, -0.25) is 0 Å². The highest BCUT2D eigenvalue weighted by atomic mass is 127. The fourth-order valence-corrected chi connectivity index (χ4v) is 1.48. The van der Waals surface area contributed by atoms with Crippen molar-refractivity contribution in [1.82, 2.24) is 5.43 Å². The summed E-state index contributed by atoms with van der Waals surface area (Å²) in [5, 5.41) is 12.4. The maximum absolute atomic E-state index is 10.9. The van der Waals surface area contributed by atoms with Crippen LogP contribution in [0.4, 0.5) is 4.79 Å². The van der Waals surface area contributed by atoms with Crippen LogP contribution in [0.2, 0.25) is 0 Å². The second kappa shape index (κ2) is 5.45. The number of aromatic carboxylic acids is 1. The van der Waals surface area contributed by atoms with Crippen LogP contribution in [0.15, 0.2) is 23.3 Å². The maximum Gasteiger partial charge on any atom is 0.336 e. The molecule has 0 saturated carbocycles. The predicted octanol–water partition coefficient (Wildman–Crippen LogP) is 0.992. The highest BCUT2D eigenvalue weighted by Crippen LogP contribution is 2.12. The summed E-state index contributed by atoms with van der Waals surface area (Å²) >= 11 is 2.01. The third-order valence-corrected chi connectivity index (χ3v) is 2.30. The summed E-state index contributed by atoms with van der Waals surface area (Å²) in [6, 6.07) is 4.03. The van der Waals surface area contributed by atoms with Crippen LogP contribution >= 0.6 is 22.6 Å². The summed E-state index contributed by atoms with van der Waals surface area (Å²) in [4.78, 5) is 21.2. The molecule has 1 rings (SSSR count). The lowest BCUT2D eigenvalue weighted by atomic mass is 10.1. The molecule has 0 radical (unpaired) electrons. The van der Waals surface area contributed by atoms with Crippen LogP contribution in [0.1, 0.15) is 15.9 Å². The summed E-state index contributed by atoms with van der Waals surface area (Å²) in [5.41, 5.74) is 7.29. The van der Waals surface area contributed by atoms with Gasteiger partial charge in [-0.15, -0.1) is 0 Å². The van der Waals surface area contributed by atoms with Crippen LogP contribution in [-0.4, -0.2) is 23.3 Å². The van der Waals surface area contributed by atoms with Crippen molar-refractivity contribution in [2.45, 2.75) is 0 Å². The number of halogens is 1. The molecule has 4 N–H and O–H groups in total. The SMILES string of the molecule is NC(=O)NN=Cc1ccc(I)cc1C(=O)O. The number of nitrogens with zero attached hydrogens (tertiary/aromatic N) is 1. The van der Waals surface area contributed by atoms with Crippen molar-refractivity contribution >= 4 is 40.8 Å². The standard InChI is InChI=1S/C9H8IN3O3/c10-6-2-1-5(4-12-13-9(11)16)7(3-6)8(14)15/h1-4H,(H,14,15)(H3,11,13,16). The van der Waals surface area contributed by atoms with E-state index in [0.717, 1.165) is 3.57 Å². The zero-order chi connectivity index (χ0) is 12.1. The number of carboxylic acids is 1. The van der Waals surface area contributed by atoms with Crippen LogP contribution < -0.4 is 11.2 Å². The number of amides is 2. The fraction of sp³-hybridized carbons (Fsp3) is 0. The number of hydrogen-bond acceptors (Lipinski definition) is 3. The molecular formula is C9H8IN3O3. The molecule has 2 amide bonds. The first-order valence-corrected chi connectivity index (χ1v) is 5.20. The molecule has 6 nitrogen and oxygen atoms in total. The number of urea groups is 1. The lowest BCUT2D eigenvalue weighted by Gasteiger charge is -2.01. The van der Waals surface area contributed by atoms with E-state index >= 15 is 0 Å². The second-order valence-electron chi connectivity index (χ2n) is 2.77. The van der Waals surface area contributed by atoms with Crippen molar-refractivity contribution < 1.29 is 14.7 Å². The minimum atomic E-state index is -1.06. The quantitative estimate of drug-likeness (QED) is 0.436. The van der Waals surface area contributed by atoms with Crippen molar-refractivity contribution in [3.05, 3.63) is 32.9 Å².